The Bertz CT molecular complexity index is 470. The first-order valence-electron chi connectivity index (χ1n) is 7.53. The number of likely N-dealkylation sites (tertiary alicyclic amines) is 1. The van der Waals surface area contributed by atoms with Crippen molar-refractivity contribution in [3.63, 3.8) is 0 Å². The molecule has 0 aromatic carbocycles. The van der Waals surface area contributed by atoms with E-state index >= 15 is 0 Å². The summed E-state index contributed by atoms with van der Waals surface area (Å²) in [7, 11) is 0. The second kappa shape index (κ2) is 6.22. The molecule has 1 amide bonds. The maximum absolute atomic E-state index is 12.4. The Balaban J connectivity index is 1.60. The average molecular weight is 294 g/mol. The summed E-state index contributed by atoms with van der Waals surface area (Å²) in [6.45, 7) is 3.83. The first kappa shape index (κ1) is 14.0. The van der Waals surface area contributed by atoms with Crippen LogP contribution in [-0.2, 0) is 9.53 Å². The smallest absolute Gasteiger partial charge is 0.249 e. The molecule has 2 aliphatic rings. The van der Waals surface area contributed by atoms with Gasteiger partial charge in [-0.15, -0.1) is 11.3 Å². The van der Waals surface area contributed by atoms with Crippen LogP contribution in [0.2, 0.25) is 0 Å². The van der Waals surface area contributed by atoms with Crippen LogP contribution in [0.4, 0.5) is 0 Å². The third kappa shape index (κ3) is 3.38. The first-order chi connectivity index (χ1) is 9.74. The Kier molecular flexibility index (Phi) is 4.36. The molecule has 20 heavy (non-hydrogen) atoms. The minimum atomic E-state index is 0.128. The number of thiazole rings is 1. The van der Waals surface area contributed by atoms with E-state index < -0.39 is 0 Å². The number of hydrogen-bond donors (Lipinski definition) is 0. The van der Waals surface area contributed by atoms with Gasteiger partial charge in [0.1, 0.15) is 11.6 Å². The van der Waals surface area contributed by atoms with Crippen molar-refractivity contribution >= 4 is 17.2 Å². The molecule has 5 heteroatoms. The Morgan fingerprint density at radius 2 is 2.30 bits per heavy atom. The predicted octanol–water partition coefficient (Wildman–Crippen LogP) is 2.93. The van der Waals surface area contributed by atoms with Crippen molar-refractivity contribution in [1.29, 1.82) is 0 Å². The number of aromatic nitrogens is 1. The Labute approximate surface area is 124 Å². The normalized spacial score (nSPS) is 23.1. The maximum Gasteiger partial charge on any atom is 0.249 e. The van der Waals surface area contributed by atoms with Crippen molar-refractivity contribution in [2.45, 2.75) is 45.1 Å². The lowest BCUT2D eigenvalue weighted by Gasteiger charge is -2.34. The molecular weight excluding hydrogens is 272 g/mol. The summed E-state index contributed by atoms with van der Waals surface area (Å²) in [4.78, 5) is 18.9. The van der Waals surface area contributed by atoms with Crippen molar-refractivity contribution in [3.05, 3.63) is 16.1 Å². The molecule has 0 unspecified atom stereocenters. The lowest BCUT2D eigenvalue weighted by Crippen LogP contribution is -2.40. The fraction of sp³-hybridized carbons (Fsp3) is 0.733. The van der Waals surface area contributed by atoms with Crippen molar-refractivity contribution in [3.8, 4) is 0 Å². The van der Waals surface area contributed by atoms with Crippen LogP contribution in [-0.4, -0.2) is 35.5 Å². The number of ether oxygens (including phenoxy) is 1. The van der Waals surface area contributed by atoms with Crippen LogP contribution in [0.15, 0.2) is 5.38 Å². The number of nitrogens with zero attached hydrogens (tertiary/aromatic N) is 2. The highest BCUT2D eigenvalue weighted by atomic mass is 32.1. The SMILES string of the molecule is Cc1csc([C@@H]2CCCCN2C(=O)COCC2CC2)n1. The van der Waals surface area contributed by atoms with Crippen LogP contribution in [0.25, 0.3) is 0 Å². The summed E-state index contributed by atoms with van der Waals surface area (Å²) in [6.07, 6.45) is 5.82. The van der Waals surface area contributed by atoms with Crippen molar-refractivity contribution < 1.29 is 9.53 Å². The van der Waals surface area contributed by atoms with Crippen LogP contribution in [0, 0.1) is 12.8 Å². The Morgan fingerprint density at radius 1 is 1.45 bits per heavy atom. The van der Waals surface area contributed by atoms with Crippen molar-refractivity contribution in [2.75, 3.05) is 19.8 Å². The van der Waals surface area contributed by atoms with Gasteiger partial charge in [0.05, 0.1) is 12.6 Å². The van der Waals surface area contributed by atoms with Gasteiger partial charge in [0.2, 0.25) is 5.91 Å². The number of carbonyl (C=O) groups is 1. The van der Waals surface area contributed by atoms with E-state index in [1.165, 1.54) is 19.3 Å². The molecule has 110 valence electrons. The summed E-state index contributed by atoms with van der Waals surface area (Å²) in [5.74, 6) is 0.838. The average Bonchev–Trinajstić information content (AvgIpc) is 3.18. The summed E-state index contributed by atoms with van der Waals surface area (Å²) in [5, 5.41) is 3.15. The predicted molar refractivity (Wildman–Crippen MR) is 78.7 cm³/mol. The fourth-order valence-corrected chi connectivity index (χ4v) is 3.64. The van der Waals surface area contributed by atoms with Crippen LogP contribution in [0.5, 0.6) is 0 Å². The van der Waals surface area contributed by atoms with Gasteiger partial charge in [-0.3, -0.25) is 4.79 Å². The standard InChI is InChI=1S/C15H22N2O2S/c1-11-10-20-15(16-11)13-4-2-3-7-17(13)14(18)9-19-8-12-5-6-12/h10,12-13H,2-9H2,1H3/t13-/m0/s1. The minimum absolute atomic E-state index is 0.128. The lowest BCUT2D eigenvalue weighted by molar-refractivity contribution is -0.140. The molecule has 0 N–H and O–H groups in total. The fourth-order valence-electron chi connectivity index (χ4n) is 2.69. The monoisotopic (exact) mass is 294 g/mol. The molecule has 0 spiro atoms. The number of carbonyl (C=O) groups excluding carboxylic acids is 1. The molecule has 1 saturated heterocycles. The molecule has 2 fully saturated rings. The zero-order chi connectivity index (χ0) is 13.9. The van der Waals surface area contributed by atoms with Gasteiger partial charge in [-0.25, -0.2) is 4.98 Å². The second-order valence-electron chi connectivity index (χ2n) is 5.88. The molecule has 4 nitrogen and oxygen atoms in total. The van der Waals surface area contributed by atoms with Crippen LogP contribution in [0.1, 0.15) is 48.8 Å². The molecule has 1 aromatic heterocycles. The van der Waals surface area contributed by atoms with Crippen LogP contribution >= 0.6 is 11.3 Å². The minimum Gasteiger partial charge on any atom is -0.371 e. The Morgan fingerprint density at radius 3 is 3.00 bits per heavy atom. The number of amides is 1. The van der Waals surface area contributed by atoms with Gasteiger partial charge in [-0.1, -0.05) is 0 Å². The van der Waals surface area contributed by atoms with Crippen LogP contribution < -0.4 is 0 Å². The largest absolute Gasteiger partial charge is 0.371 e. The number of rotatable bonds is 5. The second-order valence-corrected chi connectivity index (χ2v) is 6.77. The molecule has 1 saturated carbocycles. The van der Waals surface area contributed by atoms with Crippen molar-refractivity contribution in [2.24, 2.45) is 5.92 Å². The van der Waals surface area contributed by atoms with Gasteiger partial charge in [0.15, 0.2) is 0 Å². The van der Waals surface area contributed by atoms with Gasteiger partial charge >= 0.3 is 0 Å². The topological polar surface area (TPSA) is 42.4 Å². The van der Waals surface area contributed by atoms with E-state index in [1.807, 2.05) is 11.8 Å². The van der Waals surface area contributed by atoms with Gasteiger partial charge in [-0.05, 0) is 44.9 Å². The summed E-state index contributed by atoms with van der Waals surface area (Å²) in [5.41, 5.74) is 1.05. The highest BCUT2D eigenvalue weighted by Gasteiger charge is 2.30. The van der Waals surface area contributed by atoms with Gasteiger partial charge in [-0.2, -0.15) is 0 Å². The number of aryl methyl sites for hydroxylation is 1. The van der Waals surface area contributed by atoms with E-state index in [2.05, 4.69) is 10.4 Å². The van der Waals surface area contributed by atoms with Gasteiger partial charge in [0.25, 0.3) is 0 Å². The highest BCUT2D eigenvalue weighted by Crippen LogP contribution is 2.33. The molecule has 2 heterocycles. The van der Waals surface area contributed by atoms with E-state index in [9.17, 15) is 4.79 Å². The Hall–Kier alpha value is -0.940. The zero-order valence-corrected chi connectivity index (χ0v) is 12.8. The quantitative estimate of drug-likeness (QED) is 0.838. The first-order valence-corrected chi connectivity index (χ1v) is 8.41. The summed E-state index contributed by atoms with van der Waals surface area (Å²) in [6, 6.07) is 0.166. The number of piperidine rings is 1. The van der Waals surface area contributed by atoms with E-state index in [0.717, 1.165) is 36.7 Å². The molecule has 1 aliphatic heterocycles. The molecule has 1 aromatic rings. The van der Waals surface area contributed by atoms with Gasteiger partial charge < -0.3 is 9.64 Å². The van der Waals surface area contributed by atoms with E-state index in [1.54, 1.807) is 11.3 Å². The molecular formula is C15H22N2O2S. The van der Waals surface area contributed by atoms with E-state index in [-0.39, 0.29) is 18.6 Å². The molecule has 1 aliphatic carbocycles. The third-order valence-corrected chi connectivity index (χ3v) is 5.08. The van der Waals surface area contributed by atoms with E-state index in [4.69, 9.17) is 4.74 Å². The van der Waals surface area contributed by atoms with E-state index in [0.29, 0.717) is 5.92 Å². The maximum atomic E-state index is 12.4. The van der Waals surface area contributed by atoms with Crippen molar-refractivity contribution in [1.82, 2.24) is 9.88 Å². The summed E-state index contributed by atoms with van der Waals surface area (Å²) >= 11 is 1.67. The molecule has 3 rings (SSSR count). The number of hydrogen-bond acceptors (Lipinski definition) is 4. The molecule has 0 radical (unpaired) electrons. The third-order valence-electron chi connectivity index (χ3n) is 4.02. The molecule has 0 bridgehead atoms. The van der Waals surface area contributed by atoms with Crippen LogP contribution in [0.3, 0.4) is 0 Å². The van der Waals surface area contributed by atoms with Gasteiger partial charge in [0, 0.05) is 17.6 Å². The summed E-state index contributed by atoms with van der Waals surface area (Å²) < 4.78 is 5.55. The lowest BCUT2D eigenvalue weighted by atomic mass is 10.0. The zero-order valence-electron chi connectivity index (χ0n) is 12.0. The molecule has 1 atom stereocenters. The highest BCUT2D eigenvalue weighted by molar-refractivity contribution is 7.09.